The van der Waals surface area contributed by atoms with Crippen molar-refractivity contribution in [2.24, 2.45) is 11.7 Å². The predicted octanol–water partition coefficient (Wildman–Crippen LogP) is 2.75. The summed E-state index contributed by atoms with van der Waals surface area (Å²) in [6.45, 7) is 8.89. The first-order chi connectivity index (χ1) is 7.69. The summed E-state index contributed by atoms with van der Waals surface area (Å²) in [5.41, 5.74) is 7.17. The number of piperidine rings is 1. The van der Waals surface area contributed by atoms with Gasteiger partial charge >= 0.3 is 0 Å². The third kappa shape index (κ3) is 2.84. The van der Waals surface area contributed by atoms with Crippen LogP contribution in [0.1, 0.15) is 35.1 Å². The number of aryl methyl sites for hydroxylation is 1. The number of nitrogens with two attached hydrogens (primary N) is 1. The SMILES string of the molecule is Cc1sc(CN)cc1CN1CCC(C)CC1. The summed E-state index contributed by atoms with van der Waals surface area (Å²) in [7, 11) is 0. The van der Waals surface area contributed by atoms with Gasteiger partial charge in [-0.3, -0.25) is 4.90 Å². The van der Waals surface area contributed by atoms with Crippen LogP contribution in [0.3, 0.4) is 0 Å². The summed E-state index contributed by atoms with van der Waals surface area (Å²) in [6, 6.07) is 2.29. The Morgan fingerprint density at radius 3 is 2.69 bits per heavy atom. The van der Waals surface area contributed by atoms with Crippen LogP contribution in [0.25, 0.3) is 0 Å². The summed E-state index contributed by atoms with van der Waals surface area (Å²) < 4.78 is 0. The van der Waals surface area contributed by atoms with Crippen LogP contribution >= 0.6 is 11.3 Å². The van der Waals surface area contributed by atoms with Crippen molar-refractivity contribution in [1.29, 1.82) is 0 Å². The molecular formula is C13H22N2S. The summed E-state index contributed by atoms with van der Waals surface area (Å²) >= 11 is 1.85. The van der Waals surface area contributed by atoms with E-state index in [4.69, 9.17) is 5.73 Å². The monoisotopic (exact) mass is 238 g/mol. The van der Waals surface area contributed by atoms with Gasteiger partial charge in [0.15, 0.2) is 0 Å². The van der Waals surface area contributed by atoms with Crippen molar-refractivity contribution in [1.82, 2.24) is 4.90 Å². The first-order valence-electron chi connectivity index (χ1n) is 6.19. The predicted molar refractivity (Wildman–Crippen MR) is 70.6 cm³/mol. The molecule has 1 aromatic rings. The van der Waals surface area contributed by atoms with Crippen LogP contribution in [-0.4, -0.2) is 18.0 Å². The highest BCUT2D eigenvalue weighted by Crippen LogP contribution is 2.24. The van der Waals surface area contributed by atoms with Crippen molar-refractivity contribution in [3.8, 4) is 0 Å². The van der Waals surface area contributed by atoms with E-state index in [1.807, 2.05) is 11.3 Å². The van der Waals surface area contributed by atoms with Crippen LogP contribution < -0.4 is 5.73 Å². The number of hydrogen-bond acceptors (Lipinski definition) is 3. The molecule has 0 aliphatic carbocycles. The average Bonchev–Trinajstić information content (AvgIpc) is 2.63. The zero-order valence-corrected chi connectivity index (χ0v) is 11.1. The summed E-state index contributed by atoms with van der Waals surface area (Å²) in [5.74, 6) is 0.916. The fourth-order valence-electron chi connectivity index (χ4n) is 2.31. The first-order valence-corrected chi connectivity index (χ1v) is 7.01. The molecule has 0 atom stereocenters. The minimum atomic E-state index is 0.683. The van der Waals surface area contributed by atoms with Gasteiger partial charge in [-0.25, -0.2) is 0 Å². The van der Waals surface area contributed by atoms with Gasteiger partial charge in [0.1, 0.15) is 0 Å². The lowest BCUT2D eigenvalue weighted by Crippen LogP contribution is -2.32. The lowest BCUT2D eigenvalue weighted by Gasteiger charge is -2.30. The molecule has 0 spiro atoms. The van der Waals surface area contributed by atoms with Gasteiger partial charge in [0.2, 0.25) is 0 Å². The Balaban J connectivity index is 1.95. The maximum atomic E-state index is 5.68. The zero-order valence-electron chi connectivity index (χ0n) is 10.3. The van der Waals surface area contributed by atoms with E-state index in [1.165, 1.54) is 41.2 Å². The summed E-state index contributed by atoms with van der Waals surface area (Å²) in [4.78, 5) is 5.34. The maximum absolute atomic E-state index is 5.68. The van der Waals surface area contributed by atoms with Gasteiger partial charge in [-0.1, -0.05) is 6.92 Å². The average molecular weight is 238 g/mol. The van der Waals surface area contributed by atoms with Crippen LogP contribution in [0.15, 0.2) is 6.07 Å². The van der Waals surface area contributed by atoms with Crippen molar-refractivity contribution in [3.63, 3.8) is 0 Å². The third-order valence-electron chi connectivity index (χ3n) is 3.54. The first kappa shape index (κ1) is 12.1. The number of rotatable bonds is 3. The Labute approximate surface area is 102 Å². The van der Waals surface area contributed by atoms with E-state index >= 15 is 0 Å². The molecule has 1 aliphatic heterocycles. The van der Waals surface area contributed by atoms with Gasteiger partial charge in [0.25, 0.3) is 0 Å². The normalized spacial score (nSPS) is 19.2. The molecular weight excluding hydrogens is 216 g/mol. The fourth-order valence-corrected chi connectivity index (χ4v) is 3.24. The van der Waals surface area contributed by atoms with Crippen LogP contribution in [0, 0.1) is 12.8 Å². The Kier molecular flexibility index (Phi) is 4.00. The molecule has 3 heteroatoms. The number of hydrogen-bond donors (Lipinski definition) is 1. The van der Waals surface area contributed by atoms with E-state index in [-0.39, 0.29) is 0 Å². The van der Waals surface area contributed by atoms with Crippen LogP contribution in [0.5, 0.6) is 0 Å². The van der Waals surface area contributed by atoms with Gasteiger partial charge in [-0.2, -0.15) is 0 Å². The van der Waals surface area contributed by atoms with Gasteiger partial charge in [0, 0.05) is 22.8 Å². The van der Waals surface area contributed by atoms with Crippen LogP contribution in [-0.2, 0) is 13.1 Å². The van der Waals surface area contributed by atoms with Crippen molar-refractivity contribution in [2.45, 2.75) is 39.8 Å². The Morgan fingerprint density at radius 2 is 2.12 bits per heavy atom. The smallest absolute Gasteiger partial charge is 0.0274 e. The molecule has 2 rings (SSSR count). The molecule has 0 amide bonds. The molecule has 1 aliphatic rings. The largest absolute Gasteiger partial charge is 0.326 e. The van der Waals surface area contributed by atoms with Crippen molar-refractivity contribution in [3.05, 3.63) is 21.4 Å². The topological polar surface area (TPSA) is 29.3 Å². The second kappa shape index (κ2) is 5.30. The number of nitrogens with zero attached hydrogens (tertiary/aromatic N) is 1. The standard InChI is InChI=1S/C13H22N2S/c1-10-3-5-15(6-4-10)9-12-7-13(8-14)16-11(12)2/h7,10H,3-6,8-9,14H2,1-2H3. The minimum absolute atomic E-state index is 0.683. The van der Waals surface area contributed by atoms with E-state index in [1.54, 1.807) is 0 Å². The van der Waals surface area contributed by atoms with Crippen LogP contribution in [0.2, 0.25) is 0 Å². The van der Waals surface area contributed by atoms with Gasteiger partial charge in [-0.05, 0) is 50.4 Å². The molecule has 0 unspecified atom stereocenters. The van der Waals surface area contributed by atoms with E-state index in [9.17, 15) is 0 Å². The molecule has 2 nitrogen and oxygen atoms in total. The molecule has 1 aromatic heterocycles. The minimum Gasteiger partial charge on any atom is -0.326 e. The van der Waals surface area contributed by atoms with Gasteiger partial charge in [0.05, 0.1) is 0 Å². The molecule has 1 saturated heterocycles. The highest BCUT2D eigenvalue weighted by Gasteiger charge is 2.17. The molecule has 2 heterocycles. The van der Waals surface area contributed by atoms with Gasteiger partial charge < -0.3 is 5.73 Å². The highest BCUT2D eigenvalue weighted by atomic mass is 32.1. The van der Waals surface area contributed by atoms with Gasteiger partial charge in [-0.15, -0.1) is 11.3 Å². The molecule has 2 N–H and O–H groups in total. The molecule has 0 radical (unpaired) electrons. The van der Waals surface area contributed by atoms with Crippen molar-refractivity contribution in [2.75, 3.05) is 13.1 Å². The number of likely N-dealkylation sites (tertiary alicyclic amines) is 1. The Bertz CT molecular complexity index is 338. The second-order valence-electron chi connectivity index (χ2n) is 4.96. The fraction of sp³-hybridized carbons (Fsp3) is 0.692. The quantitative estimate of drug-likeness (QED) is 0.877. The van der Waals surface area contributed by atoms with E-state index in [2.05, 4.69) is 24.8 Å². The Morgan fingerprint density at radius 1 is 1.44 bits per heavy atom. The maximum Gasteiger partial charge on any atom is 0.0274 e. The second-order valence-corrected chi connectivity index (χ2v) is 6.30. The van der Waals surface area contributed by atoms with E-state index < -0.39 is 0 Å². The Hall–Kier alpha value is -0.380. The molecule has 16 heavy (non-hydrogen) atoms. The molecule has 1 fully saturated rings. The lowest BCUT2D eigenvalue weighted by molar-refractivity contribution is 0.185. The van der Waals surface area contributed by atoms with Crippen molar-refractivity contribution >= 4 is 11.3 Å². The molecule has 0 saturated carbocycles. The van der Waals surface area contributed by atoms with E-state index in [0.717, 1.165) is 12.5 Å². The summed E-state index contributed by atoms with van der Waals surface area (Å²) in [5, 5.41) is 0. The molecule has 90 valence electrons. The van der Waals surface area contributed by atoms with E-state index in [0.29, 0.717) is 6.54 Å². The molecule has 0 bridgehead atoms. The molecule has 0 aromatic carbocycles. The zero-order chi connectivity index (χ0) is 11.5. The third-order valence-corrected chi connectivity index (χ3v) is 4.66. The summed E-state index contributed by atoms with van der Waals surface area (Å²) in [6.07, 6.45) is 2.71. The van der Waals surface area contributed by atoms with Crippen molar-refractivity contribution < 1.29 is 0 Å². The van der Waals surface area contributed by atoms with Crippen LogP contribution in [0.4, 0.5) is 0 Å². The lowest BCUT2D eigenvalue weighted by atomic mass is 9.99. The number of thiophene rings is 1. The highest BCUT2D eigenvalue weighted by molar-refractivity contribution is 7.12.